The van der Waals surface area contributed by atoms with Crippen LogP contribution in [0.1, 0.15) is 25.8 Å². The number of rotatable bonds is 4. The number of hydrogen-bond acceptors (Lipinski definition) is 2. The molecular weight excluding hydrogens is 188 g/mol. The number of carbonyl (C=O) groups is 1. The van der Waals surface area contributed by atoms with Gasteiger partial charge in [0.05, 0.1) is 6.04 Å². The summed E-state index contributed by atoms with van der Waals surface area (Å²) in [6.07, 6.45) is 1.61. The van der Waals surface area contributed by atoms with Gasteiger partial charge in [-0.15, -0.1) is 0 Å². The fourth-order valence-electron chi connectivity index (χ4n) is 1.29. The maximum atomic E-state index is 11.5. The first-order chi connectivity index (χ1) is 7.17. The van der Waals surface area contributed by atoms with Crippen LogP contribution in [0.15, 0.2) is 24.3 Å². The Bertz CT molecular complexity index is 336. The van der Waals surface area contributed by atoms with Gasteiger partial charge >= 0.3 is 0 Å². The van der Waals surface area contributed by atoms with Crippen LogP contribution in [-0.4, -0.2) is 11.9 Å². The summed E-state index contributed by atoms with van der Waals surface area (Å²) in [6.45, 7) is 3.98. The lowest BCUT2D eigenvalue weighted by Gasteiger charge is -2.10. The van der Waals surface area contributed by atoms with E-state index >= 15 is 0 Å². The minimum Gasteiger partial charge on any atom is -0.325 e. The minimum absolute atomic E-state index is 0.120. The molecule has 0 unspecified atom stereocenters. The molecule has 15 heavy (non-hydrogen) atoms. The van der Waals surface area contributed by atoms with Gasteiger partial charge in [-0.2, -0.15) is 0 Å². The molecule has 3 nitrogen and oxygen atoms in total. The molecule has 0 saturated heterocycles. The van der Waals surface area contributed by atoms with Crippen molar-refractivity contribution in [1.82, 2.24) is 0 Å². The standard InChI is InChI=1S/C12H18N2O/c1-3-9-6-5-7-10(8-9)14-12(15)11(13)4-2/h5-8,11H,3-4,13H2,1-2H3,(H,14,15)/t11-/m1/s1. The number of carbonyl (C=O) groups excluding carboxylic acids is 1. The second kappa shape index (κ2) is 5.51. The molecule has 3 heteroatoms. The van der Waals surface area contributed by atoms with Crippen molar-refractivity contribution in [2.75, 3.05) is 5.32 Å². The maximum absolute atomic E-state index is 11.5. The molecule has 0 bridgehead atoms. The lowest BCUT2D eigenvalue weighted by molar-refractivity contribution is -0.117. The average Bonchev–Trinajstić information content (AvgIpc) is 2.28. The smallest absolute Gasteiger partial charge is 0.241 e. The van der Waals surface area contributed by atoms with Crippen LogP contribution in [0.5, 0.6) is 0 Å². The molecule has 1 aromatic rings. The third-order valence-electron chi connectivity index (χ3n) is 2.38. The van der Waals surface area contributed by atoms with Crippen molar-refractivity contribution in [3.63, 3.8) is 0 Å². The van der Waals surface area contributed by atoms with Crippen molar-refractivity contribution in [3.05, 3.63) is 29.8 Å². The Morgan fingerprint density at radius 1 is 1.47 bits per heavy atom. The van der Waals surface area contributed by atoms with E-state index in [1.54, 1.807) is 0 Å². The van der Waals surface area contributed by atoms with Crippen LogP contribution in [0.2, 0.25) is 0 Å². The van der Waals surface area contributed by atoms with Gasteiger partial charge in [0.25, 0.3) is 0 Å². The Kier molecular flexibility index (Phi) is 4.31. The molecule has 1 aromatic carbocycles. The number of nitrogens with two attached hydrogens (primary N) is 1. The lowest BCUT2D eigenvalue weighted by atomic mass is 10.1. The Balaban J connectivity index is 2.68. The van der Waals surface area contributed by atoms with Crippen LogP contribution in [0.4, 0.5) is 5.69 Å². The summed E-state index contributed by atoms with van der Waals surface area (Å²) < 4.78 is 0. The molecular formula is C12H18N2O. The molecule has 0 aromatic heterocycles. The summed E-state index contributed by atoms with van der Waals surface area (Å²) in [5, 5.41) is 2.80. The van der Waals surface area contributed by atoms with Crippen LogP contribution in [0.25, 0.3) is 0 Å². The molecule has 0 heterocycles. The predicted octanol–water partition coefficient (Wildman–Crippen LogP) is 1.92. The Hall–Kier alpha value is -1.35. The number of nitrogens with one attached hydrogen (secondary N) is 1. The van der Waals surface area contributed by atoms with Crippen LogP contribution in [-0.2, 0) is 11.2 Å². The molecule has 0 aliphatic heterocycles. The zero-order chi connectivity index (χ0) is 11.3. The SMILES string of the molecule is CCc1cccc(NC(=O)[C@H](N)CC)c1. The summed E-state index contributed by atoms with van der Waals surface area (Å²) in [6, 6.07) is 7.40. The van der Waals surface area contributed by atoms with Crippen molar-refractivity contribution < 1.29 is 4.79 Å². The first kappa shape index (κ1) is 11.7. The van der Waals surface area contributed by atoms with Gasteiger partial charge < -0.3 is 11.1 Å². The number of amides is 1. The molecule has 1 rings (SSSR count). The molecule has 1 amide bonds. The molecule has 82 valence electrons. The third-order valence-corrected chi connectivity index (χ3v) is 2.38. The quantitative estimate of drug-likeness (QED) is 0.790. The van der Waals surface area contributed by atoms with Crippen LogP contribution in [0.3, 0.4) is 0 Å². The molecule has 1 atom stereocenters. The number of anilines is 1. The molecule has 0 spiro atoms. The van der Waals surface area contributed by atoms with Crippen LogP contribution in [0, 0.1) is 0 Å². The van der Waals surface area contributed by atoms with Crippen LogP contribution < -0.4 is 11.1 Å². The summed E-state index contributed by atoms with van der Waals surface area (Å²) >= 11 is 0. The van der Waals surface area contributed by atoms with Gasteiger partial charge in [-0.25, -0.2) is 0 Å². The zero-order valence-electron chi connectivity index (χ0n) is 9.29. The van der Waals surface area contributed by atoms with Gasteiger partial charge in [0.2, 0.25) is 5.91 Å². The van der Waals surface area contributed by atoms with Crippen molar-refractivity contribution in [2.45, 2.75) is 32.7 Å². The third kappa shape index (κ3) is 3.36. The Labute approximate surface area is 90.7 Å². The van der Waals surface area contributed by atoms with Crippen molar-refractivity contribution in [3.8, 4) is 0 Å². The van der Waals surface area contributed by atoms with Gasteiger partial charge in [-0.1, -0.05) is 26.0 Å². The second-order valence-electron chi connectivity index (χ2n) is 3.56. The highest BCUT2D eigenvalue weighted by Crippen LogP contribution is 2.11. The maximum Gasteiger partial charge on any atom is 0.241 e. The summed E-state index contributed by atoms with van der Waals surface area (Å²) in [7, 11) is 0. The van der Waals surface area contributed by atoms with E-state index in [0.717, 1.165) is 12.1 Å². The fourth-order valence-corrected chi connectivity index (χ4v) is 1.29. The first-order valence-electron chi connectivity index (χ1n) is 5.32. The molecule has 0 radical (unpaired) electrons. The van der Waals surface area contributed by atoms with E-state index in [9.17, 15) is 4.79 Å². The van der Waals surface area contributed by atoms with E-state index in [-0.39, 0.29) is 5.91 Å². The highest BCUT2D eigenvalue weighted by atomic mass is 16.2. The summed E-state index contributed by atoms with van der Waals surface area (Å²) in [5.74, 6) is -0.120. The summed E-state index contributed by atoms with van der Waals surface area (Å²) in [4.78, 5) is 11.5. The minimum atomic E-state index is -0.421. The lowest BCUT2D eigenvalue weighted by Crippen LogP contribution is -2.34. The molecule has 0 saturated carbocycles. The molecule has 3 N–H and O–H groups in total. The summed E-state index contributed by atoms with van der Waals surface area (Å²) in [5.41, 5.74) is 7.65. The molecule has 0 aliphatic carbocycles. The van der Waals surface area contributed by atoms with E-state index in [4.69, 9.17) is 5.73 Å². The normalized spacial score (nSPS) is 12.2. The van der Waals surface area contributed by atoms with Gasteiger partial charge in [-0.3, -0.25) is 4.79 Å². The van der Waals surface area contributed by atoms with Gasteiger partial charge in [0, 0.05) is 5.69 Å². The van der Waals surface area contributed by atoms with E-state index < -0.39 is 6.04 Å². The second-order valence-corrected chi connectivity index (χ2v) is 3.56. The molecule has 0 aliphatic rings. The first-order valence-corrected chi connectivity index (χ1v) is 5.32. The monoisotopic (exact) mass is 206 g/mol. The highest BCUT2D eigenvalue weighted by Gasteiger charge is 2.10. The largest absolute Gasteiger partial charge is 0.325 e. The van der Waals surface area contributed by atoms with Crippen molar-refractivity contribution >= 4 is 11.6 Å². The van der Waals surface area contributed by atoms with Crippen molar-refractivity contribution in [1.29, 1.82) is 0 Å². The van der Waals surface area contributed by atoms with Crippen molar-refractivity contribution in [2.24, 2.45) is 5.73 Å². The highest BCUT2D eigenvalue weighted by molar-refractivity contribution is 5.94. The molecule has 0 fully saturated rings. The van der Waals surface area contributed by atoms with E-state index in [0.29, 0.717) is 6.42 Å². The predicted molar refractivity (Wildman–Crippen MR) is 62.7 cm³/mol. The number of benzene rings is 1. The van der Waals surface area contributed by atoms with Gasteiger partial charge in [0.15, 0.2) is 0 Å². The Morgan fingerprint density at radius 3 is 2.80 bits per heavy atom. The average molecular weight is 206 g/mol. The zero-order valence-corrected chi connectivity index (χ0v) is 9.29. The Morgan fingerprint density at radius 2 is 2.20 bits per heavy atom. The fraction of sp³-hybridized carbons (Fsp3) is 0.417. The van der Waals surface area contributed by atoms with E-state index in [1.165, 1.54) is 5.56 Å². The topological polar surface area (TPSA) is 55.1 Å². The van der Waals surface area contributed by atoms with Gasteiger partial charge in [0.1, 0.15) is 0 Å². The van der Waals surface area contributed by atoms with Gasteiger partial charge in [-0.05, 0) is 30.5 Å². The number of hydrogen-bond donors (Lipinski definition) is 2. The van der Waals surface area contributed by atoms with E-state index in [1.807, 2.05) is 31.2 Å². The number of aryl methyl sites for hydroxylation is 1. The van der Waals surface area contributed by atoms with Crippen LogP contribution >= 0.6 is 0 Å². The van der Waals surface area contributed by atoms with E-state index in [2.05, 4.69) is 12.2 Å².